The van der Waals surface area contributed by atoms with E-state index < -0.39 is 0 Å². The molecule has 1 aliphatic heterocycles. The first kappa shape index (κ1) is 16.5. The van der Waals surface area contributed by atoms with Crippen LogP contribution in [0.5, 0.6) is 0 Å². The number of hydrogen-bond acceptors (Lipinski definition) is 3. The van der Waals surface area contributed by atoms with Crippen molar-refractivity contribution in [3.63, 3.8) is 0 Å². The van der Waals surface area contributed by atoms with Crippen molar-refractivity contribution < 1.29 is 4.79 Å². The summed E-state index contributed by atoms with van der Waals surface area (Å²) in [6.07, 6.45) is 4.34. The van der Waals surface area contributed by atoms with E-state index in [9.17, 15) is 4.79 Å². The van der Waals surface area contributed by atoms with Gasteiger partial charge in [0, 0.05) is 19.6 Å². The highest BCUT2D eigenvalue weighted by Crippen LogP contribution is 2.22. The molecule has 2 heterocycles. The fourth-order valence-corrected chi connectivity index (χ4v) is 3.23. The monoisotopic (exact) mass is 323 g/mol. The predicted molar refractivity (Wildman–Crippen MR) is 97.2 cm³/mol. The Morgan fingerprint density at radius 3 is 2.92 bits per heavy atom. The molecular weight excluding hydrogens is 298 g/mol. The summed E-state index contributed by atoms with van der Waals surface area (Å²) in [6, 6.07) is 12.0. The van der Waals surface area contributed by atoms with Crippen molar-refractivity contribution in [3.05, 3.63) is 59.4 Å². The number of nitrogens with one attached hydrogen (secondary N) is 1. The van der Waals surface area contributed by atoms with Crippen molar-refractivity contribution in [2.45, 2.75) is 33.2 Å². The van der Waals surface area contributed by atoms with E-state index in [0.717, 1.165) is 30.3 Å². The molecule has 126 valence electrons. The van der Waals surface area contributed by atoms with Gasteiger partial charge in [-0.15, -0.1) is 0 Å². The number of hydrogen-bond donors (Lipinski definition) is 1. The number of benzene rings is 1. The SMILES string of the molecule is Cc1cccc(CNC(=O)c2ccc(N3CCCC(C)C3)cn2)c1. The van der Waals surface area contributed by atoms with E-state index in [1.165, 1.54) is 18.4 Å². The Bertz CT molecular complexity index is 696. The molecule has 1 fully saturated rings. The van der Waals surface area contributed by atoms with Crippen LogP contribution in [-0.2, 0) is 6.54 Å². The minimum absolute atomic E-state index is 0.130. The summed E-state index contributed by atoms with van der Waals surface area (Å²) in [5.74, 6) is 0.589. The lowest BCUT2D eigenvalue weighted by Crippen LogP contribution is -2.34. The van der Waals surface area contributed by atoms with Gasteiger partial charge in [0.25, 0.3) is 5.91 Å². The molecule has 3 rings (SSSR count). The van der Waals surface area contributed by atoms with Gasteiger partial charge in [-0.2, -0.15) is 0 Å². The first-order valence-electron chi connectivity index (χ1n) is 8.66. The summed E-state index contributed by atoms with van der Waals surface area (Å²) in [5.41, 5.74) is 3.87. The molecule has 0 radical (unpaired) electrons. The molecule has 1 aliphatic rings. The Hall–Kier alpha value is -2.36. The summed E-state index contributed by atoms with van der Waals surface area (Å²) in [7, 11) is 0. The highest BCUT2D eigenvalue weighted by Gasteiger charge is 2.17. The molecule has 0 aliphatic carbocycles. The normalized spacial score (nSPS) is 17.6. The van der Waals surface area contributed by atoms with Crippen molar-refractivity contribution in [1.29, 1.82) is 0 Å². The average Bonchev–Trinajstić information content (AvgIpc) is 2.60. The Balaban J connectivity index is 1.59. The minimum atomic E-state index is -0.130. The zero-order valence-corrected chi connectivity index (χ0v) is 14.5. The molecule has 0 saturated carbocycles. The fraction of sp³-hybridized carbons (Fsp3) is 0.400. The van der Waals surface area contributed by atoms with E-state index in [1.54, 1.807) is 0 Å². The predicted octanol–water partition coefficient (Wildman–Crippen LogP) is 3.56. The Kier molecular flexibility index (Phi) is 5.14. The van der Waals surface area contributed by atoms with E-state index in [4.69, 9.17) is 0 Å². The minimum Gasteiger partial charge on any atom is -0.370 e. The van der Waals surface area contributed by atoms with E-state index in [2.05, 4.69) is 28.2 Å². The second-order valence-corrected chi connectivity index (χ2v) is 6.77. The number of carbonyl (C=O) groups is 1. The molecule has 4 nitrogen and oxygen atoms in total. The van der Waals surface area contributed by atoms with Crippen molar-refractivity contribution >= 4 is 11.6 Å². The van der Waals surface area contributed by atoms with Crippen LogP contribution in [0, 0.1) is 12.8 Å². The van der Waals surface area contributed by atoms with Crippen LogP contribution in [-0.4, -0.2) is 24.0 Å². The molecule has 1 amide bonds. The molecule has 24 heavy (non-hydrogen) atoms. The molecular formula is C20H25N3O. The topological polar surface area (TPSA) is 45.2 Å². The van der Waals surface area contributed by atoms with Gasteiger partial charge < -0.3 is 10.2 Å². The van der Waals surface area contributed by atoms with E-state index in [0.29, 0.717) is 12.2 Å². The largest absolute Gasteiger partial charge is 0.370 e. The molecule has 1 unspecified atom stereocenters. The number of rotatable bonds is 4. The molecule has 1 aromatic heterocycles. The summed E-state index contributed by atoms with van der Waals surface area (Å²) in [6.45, 7) is 7.00. The molecule has 4 heteroatoms. The maximum absolute atomic E-state index is 12.3. The Morgan fingerprint density at radius 2 is 2.21 bits per heavy atom. The Labute approximate surface area is 143 Å². The number of aromatic nitrogens is 1. The fourth-order valence-electron chi connectivity index (χ4n) is 3.23. The molecule has 0 spiro atoms. The highest BCUT2D eigenvalue weighted by atomic mass is 16.1. The third-order valence-electron chi connectivity index (χ3n) is 4.54. The summed E-state index contributed by atoms with van der Waals surface area (Å²) < 4.78 is 0. The third-order valence-corrected chi connectivity index (χ3v) is 4.54. The lowest BCUT2D eigenvalue weighted by atomic mass is 10.00. The van der Waals surface area contributed by atoms with Crippen LogP contribution in [0.4, 0.5) is 5.69 Å². The van der Waals surface area contributed by atoms with E-state index in [-0.39, 0.29) is 5.91 Å². The van der Waals surface area contributed by atoms with Crippen LogP contribution in [0.2, 0.25) is 0 Å². The van der Waals surface area contributed by atoms with Gasteiger partial charge in [-0.1, -0.05) is 36.8 Å². The maximum Gasteiger partial charge on any atom is 0.270 e. The quantitative estimate of drug-likeness (QED) is 0.936. The lowest BCUT2D eigenvalue weighted by molar-refractivity contribution is 0.0946. The van der Waals surface area contributed by atoms with Crippen LogP contribution >= 0.6 is 0 Å². The van der Waals surface area contributed by atoms with Crippen LogP contribution in [0.1, 0.15) is 41.4 Å². The van der Waals surface area contributed by atoms with Crippen molar-refractivity contribution in [3.8, 4) is 0 Å². The van der Waals surface area contributed by atoms with Gasteiger partial charge in [-0.25, -0.2) is 4.98 Å². The number of carbonyl (C=O) groups excluding carboxylic acids is 1. The molecule has 1 atom stereocenters. The van der Waals surface area contributed by atoms with Gasteiger partial charge in [0.1, 0.15) is 5.69 Å². The highest BCUT2D eigenvalue weighted by molar-refractivity contribution is 5.92. The van der Waals surface area contributed by atoms with Gasteiger partial charge in [0.2, 0.25) is 0 Å². The van der Waals surface area contributed by atoms with Crippen molar-refractivity contribution in [2.24, 2.45) is 5.92 Å². The maximum atomic E-state index is 12.3. The molecule has 0 bridgehead atoms. The summed E-state index contributed by atoms with van der Waals surface area (Å²) in [4.78, 5) is 19.0. The standard InChI is InChI=1S/C20H25N3O/c1-15-5-3-7-17(11-15)12-22-20(24)19-9-8-18(13-21-19)23-10-4-6-16(2)14-23/h3,5,7-9,11,13,16H,4,6,10,12,14H2,1-2H3,(H,22,24). The van der Waals surface area contributed by atoms with Crippen molar-refractivity contribution in [2.75, 3.05) is 18.0 Å². The summed E-state index contributed by atoms with van der Waals surface area (Å²) in [5, 5.41) is 2.93. The molecule has 1 aromatic carbocycles. The van der Waals surface area contributed by atoms with Crippen LogP contribution in [0.3, 0.4) is 0 Å². The molecule has 1 N–H and O–H groups in total. The van der Waals surface area contributed by atoms with E-state index in [1.807, 2.05) is 43.5 Å². The number of anilines is 1. The zero-order valence-electron chi connectivity index (χ0n) is 14.5. The van der Waals surface area contributed by atoms with Crippen LogP contribution < -0.4 is 10.2 Å². The third kappa shape index (κ3) is 4.13. The number of pyridine rings is 1. The first-order valence-corrected chi connectivity index (χ1v) is 8.66. The van der Waals surface area contributed by atoms with Crippen molar-refractivity contribution in [1.82, 2.24) is 10.3 Å². The van der Waals surface area contributed by atoms with Gasteiger partial charge >= 0.3 is 0 Å². The summed E-state index contributed by atoms with van der Waals surface area (Å²) >= 11 is 0. The number of aryl methyl sites for hydroxylation is 1. The van der Waals surface area contributed by atoms with Gasteiger partial charge in [0.15, 0.2) is 0 Å². The number of nitrogens with zero attached hydrogens (tertiary/aromatic N) is 2. The Morgan fingerprint density at radius 1 is 1.33 bits per heavy atom. The van der Waals surface area contributed by atoms with Crippen LogP contribution in [0.15, 0.2) is 42.6 Å². The number of amides is 1. The number of piperidine rings is 1. The molecule has 2 aromatic rings. The van der Waals surface area contributed by atoms with Gasteiger partial charge in [0.05, 0.1) is 11.9 Å². The first-order chi connectivity index (χ1) is 11.6. The smallest absolute Gasteiger partial charge is 0.270 e. The molecule has 1 saturated heterocycles. The lowest BCUT2D eigenvalue weighted by Gasteiger charge is -2.32. The zero-order chi connectivity index (χ0) is 16.9. The second-order valence-electron chi connectivity index (χ2n) is 6.77. The second kappa shape index (κ2) is 7.47. The van der Waals surface area contributed by atoms with Gasteiger partial charge in [-0.3, -0.25) is 4.79 Å². The average molecular weight is 323 g/mol. The van der Waals surface area contributed by atoms with Gasteiger partial charge in [-0.05, 0) is 43.4 Å². The van der Waals surface area contributed by atoms with E-state index >= 15 is 0 Å². The van der Waals surface area contributed by atoms with Crippen LogP contribution in [0.25, 0.3) is 0 Å².